The monoisotopic (exact) mass is 226 g/mol. The van der Waals surface area contributed by atoms with E-state index >= 15 is 0 Å². The summed E-state index contributed by atoms with van der Waals surface area (Å²) in [7, 11) is 0. The number of carboxylic acids is 2. The van der Waals surface area contributed by atoms with Crippen LogP contribution in [0.2, 0.25) is 0 Å². The largest absolute Gasteiger partial charge is 0.481 e. The van der Waals surface area contributed by atoms with E-state index in [1.807, 2.05) is 0 Å². The number of unbranched alkanes of at least 4 members (excludes halogenated alkanes) is 2. The zero-order valence-corrected chi connectivity index (χ0v) is 9.32. The Morgan fingerprint density at radius 3 is 2.00 bits per heavy atom. The molecule has 0 bridgehead atoms. The molecule has 0 amide bonds. The fraction of sp³-hybridized carbons (Fsp3) is 0.500. The topological polar surface area (TPSA) is 74.6 Å². The second-order valence-corrected chi connectivity index (χ2v) is 3.71. The normalized spacial score (nSPS) is 10.8. The summed E-state index contributed by atoms with van der Waals surface area (Å²) in [5.41, 5.74) is -1.08. The van der Waals surface area contributed by atoms with Crippen LogP contribution in [0.15, 0.2) is 25.3 Å². The van der Waals surface area contributed by atoms with Crippen LogP contribution in [0.25, 0.3) is 0 Å². The maximum absolute atomic E-state index is 11.0. The number of hydrogen-bond donors (Lipinski definition) is 2. The summed E-state index contributed by atoms with van der Waals surface area (Å²) in [5.74, 6) is -1.78. The van der Waals surface area contributed by atoms with E-state index in [-0.39, 0.29) is 6.42 Å². The third-order valence-corrected chi connectivity index (χ3v) is 2.61. The molecule has 2 N–H and O–H groups in total. The molecule has 0 aliphatic carbocycles. The van der Waals surface area contributed by atoms with Crippen LogP contribution in [-0.2, 0) is 9.59 Å². The minimum atomic E-state index is -1.08. The molecule has 0 aliphatic heterocycles. The van der Waals surface area contributed by atoms with Gasteiger partial charge in [-0.1, -0.05) is 25.0 Å². The van der Waals surface area contributed by atoms with Crippen molar-refractivity contribution in [2.24, 2.45) is 5.41 Å². The average Bonchev–Trinajstić information content (AvgIpc) is 2.23. The summed E-state index contributed by atoms with van der Waals surface area (Å²) in [6, 6.07) is 0. The van der Waals surface area contributed by atoms with E-state index in [1.165, 1.54) is 12.2 Å². The molecule has 0 aromatic rings. The summed E-state index contributed by atoms with van der Waals surface area (Å²) >= 11 is 0. The van der Waals surface area contributed by atoms with Crippen molar-refractivity contribution < 1.29 is 19.8 Å². The summed E-state index contributed by atoms with van der Waals surface area (Å²) < 4.78 is 0. The van der Waals surface area contributed by atoms with Gasteiger partial charge in [0.2, 0.25) is 0 Å². The second-order valence-electron chi connectivity index (χ2n) is 3.71. The molecular formula is C12H18O4. The maximum atomic E-state index is 11.0. The van der Waals surface area contributed by atoms with Gasteiger partial charge >= 0.3 is 11.9 Å². The molecule has 0 saturated heterocycles. The predicted molar refractivity (Wildman–Crippen MR) is 61.2 cm³/mol. The highest BCUT2D eigenvalue weighted by Gasteiger charge is 2.30. The van der Waals surface area contributed by atoms with E-state index in [9.17, 15) is 9.59 Å². The van der Waals surface area contributed by atoms with E-state index in [1.54, 1.807) is 0 Å². The average molecular weight is 226 g/mol. The lowest BCUT2D eigenvalue weighted by Crippen LogP contribution is -2.26. The summed E-state index contributed by atoms with van der Waals surface area (Å²) in [4.78, 5) is 21.3. The van der Waals surface area contributed by atoms with Gasteiger partial charge in [0.25, 0.3) is 0 Å². The lowest BCUT2D eigenvalue weighted by Gasteiger charge is -2.21. The number of hydrogen-bond acceptors (Lipinski definition) is 2. The van der Waals surface area contributed by atoms with Crippen molar-refractivity contribution in [2.45, 2.75) is 32.1 Å². The molecule has 0 aliphatic rings. The van der Waals surface area contributed by atoms with Crippen molar-refractivity contribution in [1.82, 2.24) is 0 Å². The standard InChI is InChI=1S/C12H18O4/c1-3-12(4-2,11(15)16)9-7-5-6-8-10(13)14/h3-4H,1-2,5-9H2,(H,13,14)(H,15,16). The molecule has 16 heavy (non-hydrogen) atoms. The molecule has 90 valence electrons. The fourth-order valence-corrected chi connectivity index (χ4v) is 1.44. The Balaban J connectivity index is 4.04. The highest BCUT2D eigenvalue weighted by atomic mass is 16.4. The Labute approximate surface area is 95.3 Å². The molecule has 4 nitrogen and oxygen atoms in total. The summed E-state index contributed by atoms with van der Waals surface area (Å²) in [5, 5.41) is 17.5. The molecular weight excluding hydrogens is 208 g/mol. The van der Waals surface area contributed by atoms with E-state index in [0.717, 1.165) is 0 Å². The SMILES string of the molecule is C=CC(C=C)(CCCCCC(=O)O)C(=O)O. The van der Waals surface area contributed by atoms with E-state index < -0.39 is 17.4 Å². The van der Waals surface area contributed by atoms with Crippen molar-refractivity contribution in [3.63, 3.8) is 0 Å². The van der Waals surface area contributed by atoms with Crippen LogP contribution in [0.1, 0.15) is 32.1 Å². The Morgan fingerprint density at radius 2 is 1.62 bits per heavy atom. The zero-order valence-electron chi connectivity index (χ0n) is 9.32. The molecule has 0 fully saturated rings. The zero-order chi connectivity index (χ0) is 12.6. The lowest BCUT2D eigenvalue weighted by molar-refractivity contribution is -0.144. The minimum Gasteiger partial charge on any atom is -0.481 e. The Kier molecular flexibility index (Phi) is 6.15. The van der Waals surface area contributed by atoms with Crippen LogP contribution >= 0.6 is 0 Å². The summed E-state index contributed by atoms with van der Waals surface area (Å²) in [6.45, 7) is 7.01. The quantitative estimate of drug-likeness (QED) is 0.468. The third-order valence-electron chi connectivity index (χ3n) is 2.61. The molecule has 0 saturated carbocycles. The predicted octanol–water partition coefficient (Wildman–Crippen LogP) is 2.46. The molecule has 0 spiro atoms. The number of carboxylic acid groups (broad SMARTS) is 2. The Bertz CT molecular complexity index is 273. The summed E-state index contributed by atoms with van der Waals surface area (Å²) in [6.07, 6.45) is 5.20. The van der Waals surface area contributed by atoms with Gasteiger partial charge in [-0.2, -0.15) is 0 Å². The number of aliphatic carboxylic acids is 2. The van der Waals surface area contributed by atoms with Crippen LogP contribution < -0.4 is 0 Å². The maximum Gasteiger partial charge on any atom is 0.317 e. The van der Waals surface area contributed by atoms with Crippen LogP contribution in [0.3, 0.4) is 0 Å². The first kappa shape index (κ1) is 14.4. The van der Waals surface area contributed by atoms with Gasteiger partial charge in [-0.3, -0.25) is 9.59 Å². The molecule has 0 unspecified atom stereocenters. The van der Waals surface area contributed by atoms with Gasteiger partial charge in [-0.15, -0.1) is 13.2 Å². The first-order chi connectivity index (χ1) is 7.48. The molecule has 0 heterocycles. The Hall–Kier alpha value is -1.58. The van der Waals surface area contributed by atoms with Crippen molar-refractivity contribution >= 4 is 11.9 Å². The second kappa shape index (κ2) is 6.82. The van der Waals surface area contributed by atoms with Gasteiger partial charge < -0.3 is 10.2 Å². The van der Waals surface area contributed by atoms with Gasteiger partial charge in [0.15, 0.2) is 0 Å². The van der Waals surface area contributed by atoms with Crippen LogP contribution in [0.5, 0.6) is 0 Å². The first-order valence-corrected chi connectivity index (χ1v) is 5.21. The van der Waals surface area contributed by atoms with Crippen molar-refractivity contribution in [3.8, 4) is 0 Å². The molecule has 0 rings (SSSR count). The van der Waals surface area contributed by atoms with Crippen LogP contribution in [0, 0.1) is 5.41 Å². The van der Waals surface area contributed by atoms with Crippen molar-refractivity contribution in [2.75, 3.05) is 0 Å². The van der Waals surface area contributed by atoms with Crippen molar-refractivity contribution in [3.05, 3.63) is 25.3 Å². The number of carbonyl (C=O) groups is 2. The van der Waals surface area contributed by atoms with Gasteiger partial charge in [0, 0.05) is 6.42 Å². The number of rotatable bonds is 9. The van der Waals surface area contributed by atoms with Gasteiger partial charge in [-0.05, 0) is 12.8 Å². The molecule has 0 aromatic heterocycles. The third kappa shape index (κ3) is 4.29. The van der Waals surface area contributed by atoms with E-state index in [2.05, 4.69) is 13.2 Å². The molecule has 0 aromatic carbocycles. The van der Waals surface area contributed by atoms with Gasteiger partial charge in [0.05, 0.1) is 0 Å². The highest BCUT2D eigenvalue weighted by molar-refractivity contribution is 5.79. The minimum absolute atomic E-state index is 0.127. The molecule has 0 radical (unpaired) electrons. The first-order valence-electron chi connectivity index (χ1n) is 5.21. The lowest BCUT2D eigenvalue weighted by atomic mass is 9.83. The van der Waals surface area contributed by atoms with Crippen molar-refractivity contribution in [1.29, 1.82) is 0 Å². The molecule has 0 atom stereocenters. The van der Waals surface area contributed by atoms with E-state index in [4.69, 9.17) is 10.2 Å². The fourth-order valence-electron chi connectivity index (χ4n) is 1.44. The molecule has 4 heteroatoms. The Morgan fingerprint density at radius 1 is 1.06 bits per heavy atom. The van der Waals surface area contributed by atoms with Crippen LogP contribution in [-0.4, -0.2) is 22.2 Å². The van der Waals surface area contributed by atoms with E-state index in [0.29, 0.717) is 25.7 Å². The van der Waals surface area contributed by atoms with Crippen LogP contribution in [0.4, 0.5) is 0 Å². The van der Waals surface area contributed by atoms with Gasteiger partial charge in [-0.25, -0.2) is 0 Å². The smallest absolute Gasteiger partial charge is 0.317 e. The van der Waals surface area contributed by atoms with Gasteiger partial charge in [0.1, 0.15) is 5.41 Å². The highest BCUT2D eigenvalue weighted by Crippen LogP contribution is 2.28.